The van der Waals surface area contributed by atoms with Crippen LogP contribution in [0.4, 0.5) is 0 Å². The second kappa shape index (κ2) is 5.88. The molecule has 0 bridgehead atoms. The van der Waals surface area contributed by atoms with Crippen molar-refractivity contribution in [3.63, 3.8) is 0 Å². The number of nitrogens with zero attached hydrogens (tertiary/aromatic N) is 3. The molecule has 2 aromatic rings. The smallest absolute Gasteiger partial charge is 0.243 e. The van der Waals surface area contributed by atoms with E-state index < -0.39 is 10.0 Å². The first-order valence-electron chi connectivity index (χ1n) is 5.36. The number of hydrogen-bond acceptors (Lipinski definition) is 6. The highest BCUT2D eigenvalue weighted by Crippen LogP contribution is 2.12. The van der Waals surface area contributed by atoms with Crippen LogP contribution in [-0.2, 0) is 16.4 Å². The molecule has 2 aromatic heterocycles. The number of sulfonamides is 1. The third-order valence-corrected chi connectivity index (χ3v) is 4.61. The monoisotopic (exact) mass is 294 g/mol. The van der Waals surface area contributed by atoms with Crippen LogP contribution in [0.1, 0.15) is 10.7 Å². The molecule has 0 aliphatic carbocycles. The van der Waals surface area contributed by atoms with E-state index in [1.54, 1.807) is 12.3 Å². The van der Waals surface area contributed by atoms with Crippen LogP contribution >= 0.6 is 11.3 Å². The van der Waals surface area contributed by atoms with Gasteiger partial charge in [0, 0.05) is 30.7 Å². The van der Waals surface area contributed by atoms with Gasteiger partial charge in [-0.1, -0.05) is 0 Å². The molecule has 0 aromatic carbocycles. The van der Waals surface area contributed by atoms with Crippen molar-refractivity contribution in [3.05, 3.63) is 40.6 Å². The summed E-state index contributed by atoms with van der Waals surface area (Å²) in [6.07, 6.45) is 3.57. The minimum atomic E-state index is -3.71. The van der Waals surface area contributed by atoms with Gasteiger partial charge in [0.2, 0.25) is 10.0 Å². The predicted octanol–water partition coefficient (Wildman–Crippen LogP) is 0.931. The highest BCUT2D eigenvalue weighted by molar-refractivity contribution is 7.89. The summed E-state index contributed by atoms with van der Waals surface area (Å²) in [4.78, 5) is 7.69. The molecule has 0 radical (unpaired) electrons. The van der Waals surface area contributed by atoms with E-state index >= 15 is 0 Å². The normalized spacial score (nSPS) is 11.1. The van der Waals surface area contributed by atoms with E-state index in [-0.39, 0.29) is 17.1 Å². The average Bonchev–Trinajstić information content (AvgIpc) is 2.91. The van der Waals surface area contributed by atoms with Gasteiger partial charge >= 0.3 is 0 Å². The largest absolute Gasteiger partial charge is 0.250 e. The third kappa shape index (κ3) is 3.35. The highest BCUT2D eigenvalue weighted by Gasteiger charge is 2.18. The second-order valence-corrected chi connectivity index (χ2v) is 6.25. The van der Waals surface area contributed by atoms with E-state index in [0.29, 0.717) is 6.42 Å². The fraction of sp³-hybridized carbons (Fsp3) is 0.182. The Morgan fingerprint density at radius 3 is 2.89 bits per heavy atom. The molecular formula is C11H10N4O2S2. The number of nitrogens with one attached hydrogen (secondary N) is 1. The van der Waals surface area contributed by atoms with Crippen molar-refractivity contribution >= 4 is 21.4 Å². The molecule has 2 rings (SSSR count). The number of hydrogen-bond donors (Lipinski definition) is 1. The van der Waals surface area contributed by atoms with Crippen LogP contribution in [0.3, 0.4) is 0 Å². The zero-order chi connectivity index (χ0) is 13.7. The summed E-state index contributed by atoms with van der Waals surface area (Å²) in [6.45, 7) is 0.232. The van der Waals surface area contributed by atoms with Gasteiger partial charge in [-0.2, -0.15) is 5.26 Å². The zero-order valence-electron chi connectivity index (χ0n) is 9.78. The highest BCUT2D eigenvalue weighted by atomic mass is 32.2. The Labute approximate surface area is 114 Å². The number of nitriles is 1. The molecule has 19 heavy (non-hydrogen) atoms. The molecule has 0 amide bonds. The molecule has 8 heteroatoms. The fourth-order valence-electron chi connectivity index (χ4n) is 1.44. The summed E-state index contributed by atoms with van der Waals surface area (Å²) in [5.41, 5.74) is -0.107. The van der Waals surface area contributed by atoms with E-state index in [1.165, 1.54) is 29.7 Å². The number of aromatic nitrogens is 2. The molecule has 1 N–H and O–H groups in total. The van der Waals surface area contributed by atoms with Crippen molar-refractivity contribution in [2.45, 2.75) is 11.3 Å². The third-order valence-electron chi connectivity index (χ3n) is 2.28. The van der Waals surface area contributed by atoms with E-state index in [0.717, 1.165) is 5.01 Å². The van der Waals surface area contributed by atoms with Crippen molar-refractivity contribution in [1.29, 1.82) is 5.26 Å². The number of pyridine rings is 1. The lowest BCUT2D eigenvalue weighted by Crippen LogP contribution is -2.26. The van der Waals surface area contributed by atoms with Gasteiger partial charge in [-0.05, 0) is 12.1 Å². The molecule has 0 unspecified atom stereocenters. The predicted molar refractivity (Wildman–Crippen MR) is 70.0 cm³/mol. The standard InChI is InChI=1S/C11H10N4O2S2/c12-8-9-10(2-1-4-13-9)19(16,17)15-5-3-11-14-6-7-18-11/h1-2,4,6-7,15H,3,5H2. The lowest BCUT2D eigenvalue weighted by molar-refractivity contribution is 0.581. The van der Waals surface area contributed by atoms with Crippen molar-refractivity contribution in [3.8, 4) is 6.07 Å². The zero-order valence-corrected chi connectivity index (χ0v) is 11.4. The minimum absolute atomic E-state index is 0.100. The molecule has 0 aliphatic rings. The van der Waals surface area contributed by atoms with Crippen LogP contribution in [0.5, 0.6) is 0 Å². The summed E-state index contributed by atoms with van der Waals surface area (Å²) in [5.74, 6) is 0. The Balaban J connectivity index is 2.08. The van der Waals surface area contributed by atoms with Gasteiger partial charge in [0.05, 0.1) is 5.01 Å². The molecule has 0 aliphatic heterocycles. The molecule has 0 saturated heterocycles. The van der Waals surface area contributed by atoms with E-state index in [1.807, 2.05) is 5.38 Å². The first-order valence-corrected chi connectivity index (χ1v) is 7.73. The van der Waals surface area contributed by atoms with Gasteiger partial charge in [-0.25, -0.2) is 23.1 Å². The Kier molecular flexibility index (Phi) is 4.21. The number of thiazole rings is 1. The maximum atomic E-state index is 12.0. The van der Waals surface area contributed by atoms with Gasteiger partial charge in [0.25, 0.3) is 0 Å². The lowest BCUT2D eigenvalue weighted by Gasteiger charge is -2.06. The fourth-order valence-corrected chi connectivity index (χ4v) is 3.20. The first-order chi connectivity index (χ1) is 9.13. The molecule has 0 spiro atoms. The van der Waals surface area contributed by atoms with Gasteiger partial charge in [-0.15, -0.1) is 11.3 Å². The number of rotatable bonds is 5. The molecule has 2 heterocycles. The van der Waals surface area contributed by atoms with Gasteiger partial charge in [0.1, 0.15) is 11.0 Å². The van der Waals surface area contributed by atoms with Crippen LogP contribution in [0.2, 0.25) is 0 Å². The van der Waals surface area contributed by atoms with Crippen molar-refractivity contribution in [2.24, 2.45) is 0 Å². The summed E-state index contributed by atoms with van der Waals surface area (Å²) in [7, 11) is -3.71. The Morgan fingerprint density at radius 1 is 1.37 bits per heavy atom. The topological polar surface area (TPSA) is 95.7 Å². The van der Waals surface area contributed by atoms with Crippen LogP contribution in [-0.4, -0.2) is 24.9 Å². The molecule has 98 valence electrons. The van der Waals surface area contributed by atoms with Crippen LogP contribution in [0.25, 0.3) is 0 Å². The Hall–Kier alpha value is -1.82. The Morgan fingerprint density at radius 2 is 2.21 bits per heavy atom. The molecular weight excluding hydrogens is 284 g/mol. The summed E-state index contributed by atoms with van der Waals surface area (Å²) < 4.78 is 26.5. The van der Waals surface area contributed by atoms with Gasteiger partial charge < -0.3 is 0 Å². The minimum Gasteiger partial charge on any atom is -0.250 e. The molecule has 0 fully saturated rings. The lowest BCUT2D eigenvalue weighted by atomic mass is 10.4. The van der Waals surface area contributed by atoms with E-state index in [9.17, 15) is 8.42 Å². The maximum absolute atomic E-state index is 12.0. The summed E-state index contributed by atoms with van der Waals surface area (Å²) in [6, 6.07) is 4.61. The van der Waals surface area contributed by atoms with Gasteiger partial charge in [0.15, 0.2) is 5.69 Å². The van der Waals surface area contributed by atoms with E-state index in [2.05, 4.69) is 14.7 Å². The van der Waals surface area contributed by atoms with Crippen molar-refractivity contribution < 1.29 is 8.42 Å². The first kappa shape index (κ1) is 13.6. The van der Waals surface area contributed by atoms with Crippen molar-refractivity contribution in [1.82, 2.24) is 14.7 Å². The molecule has 0 atom stereocenters. The quantitative estimate of drug-likeness (QED) is 0.885. The van der Waals surface area contributed by atoms with Crippen LogP contribution in [0, 0.1) is 11.3 Å². The second-order valence-electron chi connectivity index (χ2n) is 3.54. The molecule has 0 saturated carbocycles. The average molecular weight is 294 g/mol. The van der Waals surface area contributed by atoms with Crippen LogP contribution < -0.4 is 4.72 Å². The maximum Gasteiger partial charge on any atom is 0.243 e. The van der Waals surface area contributed by atoms with Crippen molar-refractivity contribution in [2.75, 3.05) is 6.54 Å². The SMILES string of the molecule is N#Cc1ncccc1S(=O)(=O)NCCc1nccs1. The Bertz CT molecular complexity index is 690. The molecule has 6 nitrogen and oxygen atoms in total. The summed E-state index contributed by atoms with van der Waals surface area (Å²) in [5, 5.41) is 11.5. The van der Waals surface area contributed by atoms with E-state index in [4.69, 9.17) is 5.26 Å². The van der Waals surface area contributed by atoms with Crippen LogP contribution in [0.15, 0.2) is 34.8 Å². The van der Waals surface area contributed by atoms with Gasteiger partial charge in [-0.3, -0.25) is 0 Å². The summed E-state index contributed by atoms with van der Waals surface area (Å²) >= 11 is 1.47.